The van der Waals surface area contributed by atoms with Crippen molar-refractivity contribution in [3.05, 3.63) is 34.1 Å². The van der Waals surface area contributed by atoms with Gasteiger partial charge in [0.2, 0.25) is 0 Å². The third-order valence-corrected chi connectivity index (χ3v) is 4.61. The first-order chi connectivity index (χ1) is 11.1. The molecule has 0 saturated carbocycles. The highest BCUT2D eigenvalue weighted by Crippen LogP contribution is 2.20. The zero-order valence-electron chi connectivity index (χ0n) is 13.1. The minimum atomic E-state index is -0.442. The number of carbonyl (C=O) groups excluding carboxylic acids is 1. The van der Waals surface area contributed by atoms with Gasteiger partial charge in [0.25, 0.3) is 5.56 Å². The fourth-order valence-corrected chi connectivity index (χ4v) is 3.32. The highest BCUT2D eigenvalue weighted by molar-refractivity contribution is 7.98. The van der Waals surface area contributed by atoms with Gasteiger partial charge >= 0.3 is 5.97 Å². The monoisotopic (exact) mass is 334 g/mol. The number of nitrogens with zero attached hydrogens (tertiary/aromatic N) is 2. The Morgan fingerprint density at radius 3 is 3.00 bits per heavy atom. The van der Waals surface area contributed by atoms with Crippen molar-refractivity contribution in [2.24, 2.45) is 0 Å². The molecule has 122 valence electrons. The molecule has 0 bridgehead atoms. The third-order valence-electron chi connectivity index (χ3n) is 3.93. The summed E-state index contributed by atoms with van der Waals surface area (Å²) in [5.74, 6) is -0.442. The Morgan fingerprint density at radius 2 is 2.35 bits per heavy atom. The zero-order valence-corrected chi connectivity index (χ0v) is 13.9. The third kappa shape index (κ3) is 3.11. The molecular weight excluding hydrogens is 316 g/mol. The van der Waals surface area contributed by atoms with Gasteiger partial charge in [0, 0.05) is 6.61 Å². The SMILES string of the molecule is COC(=O)c1ccc2c(=O)n(C[C@@H]3CCCO3)c(SC)nc2c1. The van der Waals surface area contributed by atoms with Crippen LogP contribution in [0.15, 0.2) is 28.2 Å². The number of ether oxygens (including phenoxy) is 2. The first-order valence-electron chi connectivity index (χ1n) is 7.42. The van der Waals surface area contributed by atoms with Crippen LogP contribution in [0.5, 0.6) is 0 Å². The van der Waals surface area contributed by atoms with Crippen molar-refractivity contribution in [3.63, 3.8) is 0 Å². The molecule has 0 N–H and O–H groups in total. The molecule has 23 heavy (non-hydrogen) atoms. The first-order valence-corrected chi connectivity index (χ1v) is 8.65. The number of benzene rings is 1. The smallest absolute Gasteiger partial charge is 0.337 e. The van der Waals surface area contributed by atoms with Crippen LogP contribution in [0.3, 0.4) is 0 Å². The predicted molar refractivity (Wildman–Crippen MR) is 88.1 cm³/mol. The Kier molecular flexibility index (Phi) is 4.68. The number of hydrogen-bond acceptors (Lipinski definition) is 6. The lowest BCUT2D eigenvalue weighted by molar-refractivity contribution is 0.0601. The van der Waals surface area contributed by atoms with Crippen LogP contribution in [0.1, 0.15) is 23.2 Å². The molecule has 1 fully saturated rings. The van der Waals surface area contributed by atoms with Crippen LogP contribution in [-0.4, -0.2) is 41.6 Å². The summed E-state index contributed by atoms with van der Waals surface area (Å²) in [6, 6.07) is 4.82. The lowest BCUT2D eigenvalue weighted by Crippen LogP contribution is -2.28. The molecule has 0 amide bonds. The van der Waals surface area contributed by atoms with E-state index in [1.807, 2.05) is 6.26 Å². The van der Waals surface area contributed by atoms with Crippen LogP contribution >= 0.6 is 11.8 Å². The number of thioether (sulfide) groups is 1. The topological polar surface area (TPSA) is 70.4 Å². The van der Waals surface area contributed by atoms with Crippen LogP contribution < -0.4 is 5.56 Å². The fraction of sp³-hybridized carbons (Fsp3) is 0.438. The van der Waals surface area contributed by atoms with Crippen molar-refractivity contribution in [1.82, 2.24) is 9.55 Å². The molecule has 1 aliphatic heterocycles. The molecule has 7 heteroatoms. The van der Waals surface area contributed by atoms with E-state index in [1.54, 1.807) is 22.8 Å². The number of methoxy groups -OCH3 is 1. The van der Waals surface area contributed by atoms with Gasteiger partial charge < -0.3 is 9.47 Å². The van der Waals surface area contributed by atoms with Gasteiger partial charge in [0.15, 0.2) is 5.16 Å². The minimum Gasteiger partial charge on any atom is -0.465 e. The largest absolute Gasteiger partial charge is 0.465 e. The molecule has 1 aromatic carbocycles. The molecule has 3 rings (SSSR count). The highest BCUT2D eigenvalue weighted by Gasteiger charge is 2.20. The quantitative estimate of drug-likeness (QED) is 0.484. The van der Waals surface area contributed by atoms with E-state index in [4.69, 9.17) is 9.47 Å². The van der Waals surface area contributed by atoms with Gasteiger partial charge in [-0.1, -0.05) is 11.8 Å². The lowest BCUT2D eigenvalue weighted by atomic mass is 10.1. The van der Waals surface area contributed by atoms with Gasteiger partial charge in [0.1, 0.15) is 0 Å². The summed E-state index contributed by atoms with van der Waals surface area (Å²) < 4.78 is 12.0. The van der Waals surface area contributed by atoms with Crippen molar-refractivity contribution >= 4 is 28.6 Å². The number of rotatable bonds is 4. The van der Waals surface area contributed by atoms with Gasteiger partial charge in [0.05, 0.1) is 36.2 Å². The minimum absolute atomic E-state index is 0.0622. The predicted octanol–water partition coefficient (Wildman–Crippen LogP) is 2.08. The maximum atomic E-state index is 12.8. The van der Waals surface area contributed by atoms with E-state index in [0.717, 1.165) is 19.4 Å². The Hall–Kier alpha value is -1.86. The van der Waals surface area contributed by atoms with E-state index >= 15 is 0 Å². The van der Waals surface area contributed by atoms with Gasteiger partial charge in [-0.3, -0.25) is 9.36 Å². The van der Waals surface area contributed by atoms with Crippen LogP contribution in [0.4, 0.5) is 0 Å². The van der Waals surface area contributed by atoms with Gasteiger partial charge in [-0.25, -0.2) is 9.78 Å². The summed E-state index contributed by atoms with van der Waals surface area (Å²) in [4.78, 5) is 29.0. The highest BCUT2D eigenvalue weighted by atomic mass is 32.2. The molecule has 0 radical (unpaired) electrons. The molecule has 0 aliphatic carbocycles. The van der Waals surface area contributed by atoms with Crippen LogP contribution in [0, 0.1) is 0 Å². The molecule has 0 spiro atoms. The Labute approximate surface area is 137 Å². The van der Waals surface area contributed by atoms with Gasteiger partial charge in [-0.2, -0.15) is 0 Å². The van der Waals surface area contributed by atoms with Crippen molar-refractivity contribution < 1.29 is 14.3 Å². The van der Waals surface area contributed by atoms with E-state index < -0.39 is 5.97 Å². The first kappa shape index (κ1) is 16.0. The van der Waals surface area contributed by atoms with Crippen molar-refractivity contribution in [3.8, 4) is 0 Å². The molecule has 1 aromatic heterocycles. The summed E-state index contributed by atoms with van der Waals surface area (Å²) in [7, 11) is 1.33. The Balaban J connectivity index is 2.08. The van der Waals surface area contributed by atoms with E-state index in [2.05, 4.69) is 4.98 Å². The number of carbonyl (C=O) groups is 1. The van der Waals surface area contributed by atoms with Gasteiger partial charge in [-0.05, 0) is 37.3 Å². The number of esters is 1. The van der Waals surface area contributed by atoms with Crippen LogP contribution in [0.2, 0.25) is 0 Å². The average molecular weight is 334 g/mol. The molecular formula is C16H18N2O4S. The average Bonchev–Trinajstić information content (AvgIpc) is 3.09. The second-order valence-electron chi connectivity index (χ2n) is 5.37. The van der Waals surface area contributed by atoms with Crippen molar-refractivity contribution in [1.29, 1.82) is 0 Å². The van der Waals surface area contributed by atoms with Crippen molar-refractivity contribution in [2.45, 2.75) is 30.6 Å². The molecule has 1 saturated heterocycles. The van der Waals surface area contributed by atoms with Gasteiger partial charge in [-0.15, -0.1) is 0 Å². The summed E-state index contributed by atoms with van der Waals surface area (Å²) in [5, 5.41) is 1.12. The van der Waals surface area contributed by atoms with Crippen LogP contribution in [-0.2, 0) is 16.0 Å². The van der Waals surface area contributed by atoms with Crippen LogP contribution in [0.25, 0.3) is 10.9 Å². The maximum Gasteiger partial charge on any atom is 0.337 e. The normalized spacial score (nSPS) is 17.6. The summed E-state index contributed by atoms with van der Waals surface area (Å²) in [5.41, 5.74) is 0.785. The summed E-state index contributed by atoms with van der Waals surface area (Å²) >= 11 is 1.41. The molecule has 1 aliphatic rings. The molecule has 0 unspecified atom stereocenters. The molecule has 1 atom stereocenters. The second kappa shape index (κ2) is 6.72. The fourth-order valence-electron chi connectivity index (χ4n) is 2.75. The zero-order chi connectivity index (χ0) is 16.4. The Morgan fingerprint density at radius 1 is 1.52 bits per heavy atom. The second-order valence-corrected chi connectivity index (χ2v) is 6.15. The summed E-state index contributed by atoms with van der Waals surface area (Å²) in [6.45, 7) is 1.26. The van der Waals surface area contributed by atoms with E-state index in [1.165, 1.54) is 18.9 Å². The maximum absolute atomic E-state index is 12.8. The van der Waals surface area contributed by atoms with E-state index in [9.17, 15) is 9.59 Å². The van der Waals surface area contributed by atoms with E-state index in [0.29, 0.717) is 28.2 Å². The molecule has 2 heterocycles. The standard InChI is InChI=1S/C16H18N2O4S/c1-21-15(20)10-5-6-12-13(8-10)17-16(23-2)18(14(12)19)9-11-4-3-7-22-11/h5-6,8,11H,3-4,7,9H2,1-2H3/t11-/m0/s1. The Bertz CT molecular complexity index is 797. The van der Waals surface area contributed by atoms with Crippen molar-refractivity contribution in [2.75, 3.05) is 20.0 Å². The number of aromatic nitrogens is 2. The summed E-state index contributed by atoms with van der Waals surface area (Å²) in [6.07, 6.45) is 3.92. The number of fused-ring (bicyclic) bond motifs is 1. The van der Waals surface area contributed by atoms with E-state index in [-0.39, 0.29) is 11.7 Å². The lowest BCUT2D eigenvalue weighted by Gasteiger charge is -2.15. The number of hydrogen-bond donors (Lipinski definition) is 0. The molecule has 2 aromatic rings. The molecule has 6 nitrogen and oxygen atoms in total.